The molecule has 0 aliphatic carbocycles. The number of piperidine rings is 1. The van der Waals surface area contributed by atoms with E-state index in [9.17, 15) is 4.39 Å². The van der Waals surface area contributed by atoms with Crippen molar-refractivity contribution in [2.75, 3.05) is 13.1 Å². The first-order chi connectivity index (χ1) is 9.10. The Bertz CT molecular complexity index is 471. The van der Waals surface area contributed by atoms with E-state index in [0.717, 1.165) is 38.0 Å². The highest BCUT2D eigenvalue weighted by atomic mass is 19.1. The molecule has 102 valence electrons. The molecule has 2 N–H and O–H groups in total. The minimum atomic E-state index is -0.443. The lowest BCUT2D eigenvalue weighted by atomic mass is 9.91. The van der Waals surface area contributed by atoms with Crippen LogP contribution in [0.2, 0.25) is 0 Å². The van der Waals surface area contributed by atoms with Crippen molar-refractivity contribution in [1.29, 1.82) is 5.26 Å². The van der Waals surface area contributed by atoms with Gasteiger partial charge in [0, 0.05) is 12.6 Å². The van der Waals surface area contributed by atoms with Gasteiger partial charge in [-0.3, -0.25) is 4.90 Å². The lowest BCUT2D eigenvalue weighted by Crippen LogP contribution is -2.39. The summed E-state index contributed by atoms with van der Waals surface area (Å²) in [7, 11) is 0. The van der Waals surface area contributed by atoms with Crippen molar-refractivity contribution < 1.29 is 4.39 Å². The van der Waals surface area contributed by atoms with Gasteiger partial charge in [-0.1, -0.05) is 6.07 Å². The van der Waals surface area contributed by atoms with Crippen LogP contribution in [0.1, 0.15) is 30.9 Å². The molecule has 1 fully saturated rings. The molecule has 1 aromatic rings. The number of rotatable bonds is 3. The average Bonchev–Trinajstić information content (AvgIpc) is 2.41. The number of benzene rings is 1. The van der Waals surface area contributed by atoms with Gasteiger partial charge >= 0.3 is 0 Å². The van der Waals surface area contributed by atoms with Crippen LogP contribution in [0.15, 0.2) is 18.2 Å². The Morgan fingerprint density at radius 1 is 1.47 bits per heavy atom. The first kappa shape index (κ1) is 14.0. The molecule has 1 unspecified atom stereocenters. The van der Waals surface area contributed by atoms with Gasteiger partial charge in [0.1, 0.15) is 11.9 Å². The van der Waals surface area contributed by atoms with Gasteiger partial charge < -0.3 is 5.73 Å². The number of hydrogen-bond acceptors (Lipinski definition) is 3. The number of nitriles is 1. The summed E-state index contributed by atoms with van der Waals surface area (Å²) in [6, 6.07) is 6.93. The molecular weight excluding hydrogens is 241 g/mol. The van der Waals surface area contributed by atoms with Gasteiger partial charge in [-0.25, -0.2) is 4.39 Å². The molecule has 0 spiro atoms. The molecule has 0 bridgehead atoms. The number of nitrogens with zero attached hydrogens (tertiary/aromatic N) is 2. The largest absolute Gasteiger partial charge is 0.328 e. The molecule has 0 saturated carbocycles. The average molecular weight is 261 g/mol. The summed E-state index contributed by atoms with van der Waals surface area (Å²) < 4.78 is 13.2. The van der Waals surface area contributed by atoms with E-state index >= 15 is 0 Å². The molecule has 3 nitrogen and oxygen atoms in total. The Hall–Kier alpha value is -1.44. The Kier molecular flexibility index (Phi) is 4.52. The third-order valence-electron chi connectivity index (χ3n) is 3.93. The van der Waals surface area contributed by atoms with Crippen LogP contribution in [0.4, 0.5) is 4.39 Å². The molecule has 0 aromatic heterocycles. The molecular formula is C15H20FN3. The summed E-state index contributed by atoms with van der Waals surface area (Å²) in [6.45, 7) is 4.89. The lowest BCUT2D eigenvalue weighted by Gasteiger charge is -2.33. The first-order valence-corrected chi connectivity index (χ1v) is 6.76. The van der Waals surface area contributed by atoms with Crippen LogP contribution < -0.4 is 5.73 Å². The molecule has 1 heterocycles. The van der Waals surface area contributed by atoms with E-state index < -0.39 is 5.82 Å². The maximum atomic E-state index is 13.2. The Morgan fingerprint density at radius 3 is 2.74 bits per heavy atom. The summed E-state index contributed by atoms with van der Waals surface area (Å²) in [5.74, 6) is 0.168. The predicted molar refractivity (Wildman–Crippen MR) is 72.8 cm³/mol. The minimum absolute atomic E-state index is 0.128. The molecule has 1 atom stereocenters. The van der Waals surface area contributed by atoms with Gasteiger partial charge in [0.25, 0.3) is 0 Å². The van der Waals surface area contributed by atoms with E-state index in [4.69, 9.17) is 11.0 Å². The molecule has 1 aromatic carbocycles. The maximum Gasteiger partial charge on any atom is 0.140 e. The van der Waals surface area contributed by atoms with Gasteiger partial charge in [-0.05, 0) is 56.5 Å². The number of likely N-dealkylation sites (tertiary alicyclic amines) is 1. The fourth-order valence-corrected chi connectivity index (χ4v) is 2.65. The molecule has 1 aliphatic rings. The van der Waals surface area contributed by atoms with E-state index in [0.29, 0.717) is 5.92 Å². The number of hydrogen-bond donors (Lipinski definition) is 1. The molecule has 19 heavy (non-hydrogen) atoms. The maximum absolute atomic E-state index is 13.2. The molecule has 0 radical (unpaired) electrons. The van der Waals surface area contributed by atoms with Crippen molar-refractivity contribution in [3.63, 3.8) is 0 Å². The van der Waals surface area contributed by atoms with Crippen LogP contribution in [-0.2, 0) is 6.54 Å². The Morgan fingerprint density at radius 2 is 2.16 bits per heavy atom. The topological polar surface area (TPSA) is 53.0 Å². The summed E-state index contributed by atoms with van der Waals surface area (Å²) in [4.78, 5) is 2.34. The number of nitrogens with two attached hydrogens (primary N) is 1. The fraction of sp³-hybridized carbons (Fsp3) is 0.533. The molecule has 4 heteroatoms. The van der Waals surface area contributed by atoms with E-state index in [-0.39, 0.29) is 11.6 Å². The van der Waals surface area contributed by atoms with Crippen molar-refractivity contribution in [2.45, 2.75) is 32.4 Å². The van der Waals surface area contributed by atoms with Gasteiger partial charge in [0.15, 0.2) is 0 Å². The predicted octanol–water partition coefficient (Wildman–Crippen LogP) is 2.26. The molecule has 1 saturated heterocycles. The third kappa shape index (κ3) is 3.52. The molecule has 1 aliphatic heterocycles. The van der Waals surface area contributed by atoms with Crippen LogP contribution in [-0.4, -0.2) is 24.0 Å². The monoisotopic (exact) mass is 261 g/mol. The molecule has 0 amide bonds. The Balaban J connectivity index is 1.94. The minimum Gasteiger partial charge on any atom is -0.328 e. The van der Waals surface area contributed by atoms with E-state index in [1.165, 1.54) is 6.07 Å². The van der Waals surface area contributed by atoms with Crippen LogP contribution in [0.5, 0.6) is 0 Å². The number of halogens is 1. The van der Waals surface area contributed by atoms with E-state index in [2.05, 4.69) is 11.8 Å². The van der Waals surface area contributed by atoms with Crippen molar-refractivity contribution in [1.82, 2.24) is 4.90 Å². The zero-order valence-electron chi connectivity index (χ0n) is 11.3. The second-order valence-electron chi connectivity index (χ2n) is 5.40. The van der Waals surface area contributed by atoms with Crippen molar-refractivity contribution >= 4 is 0 Å². The van der Waals surface area contributed by atoms with Gasteiger partial charge in [0.2, 0.25) is 0 Å². The fourth-order valence-electron chi connectivity index (χ4n) is 2.65. The summed E-state index contributed by atoms with van der Waals surface area (Å²) in [6.07, 6.45) is 2.23. The van der Waals surface area contributed by atoms with E-state index in [1.807, 2.05) is 6.07 Å². The van der Waals surface area contributed by atoms with E-state index in [1.54, 1.807) is 12.1 Å². The highest BCUT2D eigenvalue weighted by Gasteiger charge is 2.21. The summed E-state index contributed by atoms with van der Waals surface area (Å²) >= 11 is 0. The summed E-state index contributed by atoms with van der Waals surface area (Å²) in [5, 5.41) is 8.83. The zero-order valence-corrected chi connectivity index (χ0v) is 11.3. The highest BCUT2D eigenvalue weighted by Crippen LogP contribution is 2.21. The van der Waals surface area contributed by atoms with Gasteiger partial charge in [-0.15, -0.1) is 0 Å². The highest BCUT2D eigenvalue weighted by molar-refractivity contribution is 5.34. The zero-order chi connectivity index (χ0) is 13.8. The van der Waals surface area contributed by atoms with Crippen LogP contribution in [0.25, 0.3) is 0 Å². The van der Waals surface area contributed by atoms with Crippen LogP contribution in [0.3, 0.4) is 0 Å². The first-order valence-electron chi connectivity index (χ1n) is 6.76. The van der Waals surface area contributed by atoms with Crippen LogP contribution in [0, 0.1) is 23.1 Å². The summed E-state index contributed by atoms with van der Waals surface area (Å²) in [5.41, 5.74) is 7.05. The third-order valence-corrected chi connectivity index (χ3v) is 3.93. The Labute approximate surface area is 113 Å². The lowest BCUT2D eigenvalue weighted by molar-refractivity contribution is 0.165. The second-order valence-corrected chi connectivity index (χ2v) is 5.40. The second kappa shape index (κ2) is 6.14. The SMILES string of the molecule is CC(N)C1CCN(Cc2ccc(F)c(C#N)c2)CC1. The van der Waals surface area contributed by atoms with Crippen molar-refractivity contribution in [3.8, 4) is 6.07 Å². The normalized spacial score (nSPS) is 19.1. The van der Waals surface area contributed by atoms with Gasteiger partial charge in [-0.2, -0.15) is 5.26 Å². The smallest absolute Gasteiger partial charge is 0.140 e. The quantitative estimate of drug-likeness (QED) is 0.908. The van der Waals surface area contributed by atoms with Crippen molar-refractivity contribution in [2.24, 2.45) is 11.7 Å². The molecule has 2 rings (SSSR count). The van der Waals surface area contributed by atoms with Gasteiger partial charge in [0.05, 0.1) is 5.56 Å². The van der Waals surface area contributed by atoms with Crippen molar-refractivity contribution in [3.05, 3.63) is 35.1 Å². The standard InChI is InChI=1S/C15H20FN3/c1-11(18)13-4-6-19(7-5-13)10-12-2-3-15(16)14(8-12)9-17/h2-3,8,11,13H,4-7,10,18H2,1H3. The van der Waals surface area contributed by atoms with Crippen LogP contribution >= 0.6 is 0 Å².